The fourth-order valence-corrected chi connectivity index (χ4v) is 2.81. The number of carbonyl (C=O) groups is 1. The van der Waals surface area contributed by atoms with E-state index in [4.69, 9.17) is 0 Å². The van der Waals surface area contributed by atoms with Crippen molar-refractivity contribution in [2.24, 2.45) is 0 Å². The third-order valence-electron chi connectivity index (χ3n) is 3.92. The lowest BCUT2D eigenvalue weighted by molar-refractivity contribution is 0.0940. The highest BCUT2D eigenvalue weighted by atomic mass is 16.2. The smallest absolute Gasteiger partial charge is 0.289 e. The molecular formula is C14H20N4O. The first-order valence-electron chi connectivity index (χ1n) is 7.23. The second-order valence-electron chi connectivity index (χ2n) is 5.34. The van der Waals surface area contributed by atoms with Gasteiger partial charge in [0.25, 0.3) is 5.91 Å². The number of allylic oxidation sites excluding steroid dienone is 1. The zero-order valence-corrected chi connectivity index (χ0v) is 11.2. The molecular weight excluding hydrogens is 240 g/mol. The molecule has 1 N–H and O–H groups in total. The van der Waals surface area contributed by atoms with Crippen molar-refractivity contribution in [3.05, 3.63) is 23.3 Å². The van der Waals surface area contributed by atoms with Crippen LogP contribution in [-0.4, -0.2) is 27.2 Å². The van der Waals surface area contributed by atoms with Crippen LogP contribution >= 0.6 is 0 Å². The molecule has 5 nitrogen and oxygen atoms in total. The van der Waals surface area contributed by atoms with E-state index in [1.54, 1.807) is 0 Å². The molecule has 0 aromatic carbocycles. The van der Waals surface area contributed by atoms with Gasteiger partial charge in [0.1, 0.15) is 5.82 Å². The molecule has 0 saturated heterocycles. The summed E-state index contributed by atoms with van der Waals surface area (Å²) in [7, 11) is 0. The van der Waals surface area contributed by atoms with Crippen LogP contribution in [0.3, 0.4) is 0 Å². The molecule has 1 amide bonds. The van der Waals surface area contributed by atoms with Crippen LogP contribution in [0, 0.1) is 0 Å². The zero-order valence-electron chi connectivity index (χ0n) is 11.2. The molecule has 1 aromatic rings. The zero-order chi connectivity index (χ0) is 13.1. The third kappa shape index (κ3) is 2.69. The monoisotopic (exact) mass is 260 g/mol. The van der Waals surface area contributed by atoms with Gasteiger partial charge in [0, 0.05) is 19.5 Å². The van der Waals surface area contributed by atoms with Crippen molar-refractivity contribution in [3.63, 3.8) is 0 Å². The van der Waals surface area contributed by atoms with Gasteiger partial charge in [0.2, 0.25) is 5.82 Å². The van der Waals surface area contributed by atoms with Gasteiger partial charge in [-0.15, -0.1) is 10.2 Å². The van der Waals surface area contributed by atoms with Crippen molar-refractivity contribution >= 4 is 5.91 Å². The second-order valence-corrected chi connectivity index (χ2v) is 5.34. The molecule has 3 rings (SSSR count). The lowest BCUT2D eigenvalue weighted by Crippen LogP contribution is -2.29. The molecule has 5 heteroatoms. The molecule has 0 bridgehead atoms. The summed E-state index contributed by atoms with van der Waals surface area (Å²) in [5.41, 5.74) is 1.35. The van der Waals surface area contributed by atoms with Crippen LogP contribution in [0.4, 0.5) is 0 Å². The summed E-state index contributed by atoms with van der Waals surface area (Å²) in [6.07, 6.45) is 10.2. The van der Waals surface area contributed by atoms with Crippen molar-refractivity contribution in [2.45, 2.75) is 51.5 Å². The Morgan fingerprint density at radius 3 is 2.95 bits per heavy atom. The normalized spacial score (nSPS) is 18.6. The van der Waals surface area contributed by atoms with Gasteiger partial charge in [-0.1, -0.05) is 11.6 Å². The highest BCUT2D eigenvalue weighted by molar-refractivity contribution is 5.90. The average molecular weight is 260 g/mol. The van der Waals surface area contributed by atoms with Crippen LogP contribution in [0.15, 0.2) is 11.6 Å². The molecule has 1 aromatic heterocycles. The number of aryl methyl sites for hydroxylation is 1. The number of hydrogen-bond acceptors (Lipinski definition) is 3. The van der Waals surface area contributed by atoms with Gasteiger partial charge in [-0.05, 0) is 38.5 Å². The molecule has 0 saturated carbocycles. The summed E-state index contributed by atoms with van der Waals surface area (Å²) >= 11 is 0. The highest BCUT2D eigenvalue weighted by Crippen LogP contribution is 2.17. The summed E-state index contributed by atoms with van der Waals surface area (Å²) in [4.78, 5) is 12.2. The minimum atomic E-state index is -0.0906. The number of rotatable bonds is 3. The first kappa shape index (κ1) is 12.4. The average Bonchev–Trinajstić information content (AvgIpc) is 2.90. The minimum absolute atomic E-state index is 0.0906. The quantitative estimate of drug-likeness (QED) is 0.844. The van der Waals surface area contributed by atoms with E-state index in [0.29, 0.717) is 12.4 Å². The van der Waals surface area contributed by atoms with Gasteiger partial charge >= 0.3 is 0 Å². The summed E-state index contributed by atoms with van der Waals surface area (Å²) in [6, 6.07) is 0. The van der Waals surface area contributed by atoms with Gasteiger partial charge in [-0.25, -0.2) is 0 Å². The number of amides is 1. The third-order valence-corrected chi connectivity index (χ3v) is 3.92. The van der Waals surface area contributed by atoms with Gasteiger partial charge in [-0.3, -0.25) is 4.79 Å². The SMILES string of the molecule is O=C(NCC1=CCCCC1)c1nnc2n1CCCC2. The van der Waals surface area contributed by atoms with Crippen LogP contribution in [0.25, 0.3) is 0 Å². The Hall–Kier alpha value is -1.65. The van der Waals surface area contributed by atoms with Crippen molar-refractivity contribution in [1.82, 2.24) is 20.1 Å². The molecule has 0 atom stereocenters. The number of fused-ring (bicyclic) bond motifs is 1. The number of aromatic nitrogens is 3. The Morgan fingerprint density at radius 1 is 1.21 bits per heavy atom. The van der Waals surface area contributed by atoms with Crippen molar-refractivity contribution < 1.29 is 4.79 Å². The van der Waals surface area contributed by atoms with Crippen molar-refractivity contribution in [2.75, 3.05) is 6.54 Å². The summed E-state index contributed by atoms with van der Waals surface area (Å²) in [5.74, 6) is 1.34. The lowest BCUT2D eigenvalue weighted by Gasteiger charge is -2.15. The van der Waals surface area contributed by atoms with Crippen molar-refractivity contribution in [3.8, 4) is 0 Å². The number of hydrogen-bond donors (Lipinski definition) is 1. The molecule has 0 unspecified atom stereocenters. The lowest BCUT2D eigenvalue weighted by atomic mass is 10.00. The van der Waals surface area contributed by atoms with E-state index < -0.39 is 0 Å². The second kappa shape index (κ2) is 5.55. The molecule has 0 radical (unpaired) electrons. The molecule has 19 heavy (non-hydrogen) atoms. The summed E-state index contributed by atoms with van der Waals surface area (Å²) < 4.78 is 1.97. The Bertz CT molecular complexity index is 504. The topological polar surface area (TPSA) is 59.8 Å². The maximum atomic E-state index is 12.2. The molecule has 2 aliphatic rings. The van der Waals surface area contributed by atoms with Crippen LogP contribution in [0.2, 0.25) is 0 Å². The fraction of sp³-hybridized carbons (Fsp3) is 0.643. The number of carbonyl (C=O) groups excluding carboxylic acids is 1. The van der Waals surface area contributed by atoms with E-state index in [1.807, 2.05) is 4.57 Å². The van der Waals surface area contributed by atoms with Crippen LogP contribution in [0.5, 0.6) is 0 Å². The molecule has 2 heterocycles. The van der Waals surface area contributed by atoms with Gasteiger partial charge in [0.15, 0.2) is 0 Å². The molecule has 0 spiro atoms. The van der Waals surface area contributed by atoms with E-state index in [0.717, 1.165) is 44.5 Å². The van der Waals surface area contributed by atoms with E-state index >= 15 is 0 Å². The van der Waals surface area contributed by atoms with Crippen LogP contribution in [-0.2, 0) is 13.0 Å². The fourth-order valence-electron chi connectivity index (χ4n) is 2.81. The van der Waals surface area contributed by atoms with Crippen molar-refractivity contribution in [1.29, 1.82) is 0 Å². The molecule has 0 fully saturated rings. The standard InChI is InChI=1S/C14H20N4O/c19-14(15-10-11-6-2-1-3-7-11)13-17-16-12-8-4-5-9-18(12)13/h6H,1-5,7-10H2,(H,15,19). The van der Waals surface area contributed by atoms with E-state index in [-0.39, 0.29) is 5.91 Å². The van der Waals surface area contributed by atoms with Gasteiger partial charge in [-0.2, -0.15) is 0 Å². The Balaban J connectivity index is 1.64. The van der Waals surface area contributed by atoms with Crippen LogP contribution < -0.4 is 5.32 Å². The molecule has 102 valence electrons. The van der Waals surface area contributed by atoms with Crippen LogP contribution in [0.1, 0.15) is 55.0 Å². The first-order chi connectivity index (χ1) is 9.34. The van der Waals surface area contributed by atoms with E-state index in [2.05, 4.69) is 21.6 Å². The Kier molecular flexibility index (Phi) is 3.62. The largest absolute Gasteiger partial charge is 0.346 e. The number of nitrogens with one attached hydrogen (secondary N) is 1. The highest BCUT2D eigenvalue weighted by Gasteiger charge is 2.20. The summed E-state index contributed by atoms with van der Waals surface area (Å²) in [6.45, 7) is 1.52. The predicted octanol–water partition coefficient (Wildman–Crippen LogP) is 1.84. The summed E-state index contributed by atoms with van der Waals surface area (Å²) in [5, 5.41) is 11.1. The minimum Gasteiger partial charge on any atom is -0.346 e. The van der Waals surface area contributed by atoms with E-state index in [9.17, 15) is 4.79 Å². The van der Waals surface area contributed by atoms with E-state index in [1.165, 1.54) is 18.4 Å². The molecule has 1 aliphatic heterocycles. The Labute approximate surface area is 113 Å². The maximum absolute atomic E-state index is 12.2. The van der Waals surface area contributed by atoms with Gasteiger partial charge in [0.05, 0.1) is 0 Å². The van der Waals surface area contributed by atoms with Gasteiger partial charge < -0.3 is 9.88 Å². The first-order valence-corrected chi connectivity index (χ1v) is 7.23. The Morgan fingerprint density at radius 2 is 2.11 bits per heavy atom. The molecule has 1 aliphatic carbocycles. The number of nitrogens with zero attached hydrogens (tertiary/aromatic N) is 3. The maximum Gasteiger partial charge on any atom is 0.289 e. The predicted molar refractivity (Wildman–Crippen MR) is 71.8 cm³/mol.